The first-order valence-corrected chi connectivity index (χ1v) is 7.80. The van der Waals surface area contributed by atoms with Crippen LogP contribution >= 0.6 is 0 Å². The van der Waals surface area contributed by atoms with Crippen LogP contribution in [0.5, 0.6) is 0 Å². The van der Waals surface area contributed by atoms with Gasteiger partial charge in [-0.15, -0.1) is 0 Å². The number of carbonyl (C=O) groups is 3. The van der Waals surface area contributed by atoms with E-state index >= 15 is 0 Å². The summed E-state index contributed by atoms with van der Waals surface area (Å²) in [4.78, 5) is 36.6. The van der Waals surface area contributed by atoms with E-state index < -0.39 is 17.4 Å². The number of β-amino-alcohol motifs (C(OH)–C–C–N with tert-alkyl or cyclic N) is 1. The molecule has 0 aromatic carbocycles. The lowest BCUT2D eigenvalue weighted by Gasteiger charge is -2.50. The van der Waals surface area contributed by atoms with Crippen molar-refractivity contribution in [1.82, 2.24) is 15.5 Å². The number of hydrogen-bond acceptors (Lipinski definition) is 6. The van der Waals surface area contributed by atoms with E-state index in [0.29, 0.717) is 19.6 Å². The van der Waals surface area contributed by atoms with Crippen LogP contribution in [0.15, 0.2) is 16.5 Å². The second kappa shape index (κ2) is 6.25. The monoisotopic (exact) mass is 336 g/mol. The first-order chi connectivity index (χ1) is 11.4. The van der Waals surface area contributed by atoms with E-state index in [2.05, 4.69) is 10.6 Å². The van der Waals surface area contributed by atoms with Crippen LogP contribution < -0.4 is 16.4 Å². The van der Waals surface area contributed by atoms with E-state index in [9.17, 15) is 19.5 Å². The zero-order chi connectivity index (χ0) is 17.3. The molecule has 9 heteroatoms. The van der Waals surface area contributed by atoms with Gasteiger partial charge in [0.15, 0.2) is 11.5 Å². The second-order valence-electron chi connectivity index (χ2n) is 6.29. The molecule has 130 valence electrons. The highest BCUT2D eigenvalue weighted by molar-refractivity contribution is 5.95. The predicted molar refractivity (Wildman–Crippen MR) is 82.1 cm³/mol. The van der Waals surface area contributed by atoms with Crippen LogP contribution in [-0.2, 0) is 4.79 Å². The van der Waals surface area contributed by atoms with Crippen molar-refractivity contribution < 1.29 is 23.9 Å². The first kappa shape index (κ1) is 16.5. The first-order valence-electron chi connectivity index (χ1n) is 7.80. The van der Waals surface area contributed by atoms with Crippen LogP contribution in [0.3, 0.4) is 0 Å². The Hall–Kier alpha value is -2.39. The molecule has 0 spiro atoms. The molecule has 3 heterocycles. The molecule has 1 atom stereocenters. The van der Waals surface area contributed by atoms with Crippen molar-refractivity contribution in [3.63, 3.8) is 0 Å². The summed E-state index contributed by atoms with van der Waals surface area (Å²) in [5.41, 5.74) is 3.98. The minimum Gasteiger partial charge on any atom is -0.446 e. The van der Waals surface area contributed by atoms with Crippen LogP contribution in [0, 0.1) is 0 Å². The third kappa shape index (κ3) is 3.26. The lowest BCUT2D eigenvalue weighted by Crippen LogP contribution is -2.70. The maximum atomic E-state index is 12.0. The quantitative estimate of drug-likeness (QED) is 0.513. The maximum Gasteiger partial charge on any atom is 0.287 e. The van der Waals surface area contributed by atoms with E-state index in [-0.39, 0.29) is 30.0 Å². The van der Waals surface area contributed by atoms with Crippen LogP contribution in [0.25, 0.3) is 0 Å². The Morgan fingerprint density at radius 3 is 2.75 bits per heavy atom. The minimum atomic E-state index is -1.08. The summed E-state index contributed by atoms with van der Waals surface area (Å²) in [5.74, 6) is -1.45. The molecule has 1 unspecified atom stereocenters. The average Bonchev–Trinajstić information content (AvgIpc) is 3.01. The minimum absolute atomic E-state index is 0.0121. The number of nitrogens with zero attached hydrogens (tertiary/aromatic N) is 1. The van der Waals surface area contributed by atoms with Gasteiger partial charge in [-0.05, 0) is 25.0 Å². The number of nitrogens with two attached hydrogens (primary N) is 1. The number of amides is 3. The summed E-state index contributed by atoms with van der Waals surface area (Å²) in [5, 5.41) is 15.8. The van der Waals surface area contributed by atoms with E-state index in [0.717, 1.165) is 12.8 Å². The molecule has 2 fully saturated rings. The molecule has 1 aromatic rings. The average molecular weight is 336 g/mol. The molecule has 3 amide bonds. The molecule has 0 saturated carbocycles. The normalized spacial score (nSPS) is 23.2. The zero-order valence-corrected chi connectivity index (χ0v) is 13.1. The fraction of sp³-hybridized carbons (Fsp3) is 0.533. The van der Waals surface area contributed by atoms with Gasteiger partial charge in [0.05, 0.1) is 6.04 Å². The van der Waals surface area contributed by atoms with Gasteiger partial charge in [0.2, 0.25) is 5.91 Å². The molecule has 5 N–H and O–H groups in total. The fourth-order valence-corrected chi connectivity index (χ4v) is 3.07. The van der Waals surface area contributed by atoms with Crippen molar-refractivity contribution in [2.45, 2.75) is 24.5 Å². The number of nitrogens with one attached hydrogen (secondary N) is 2. The van der Waals surface area contributed by atoms with Gasteiger partial charge < -0.3 is 25.9 Å². The second-order valence-corrected chi connectivity index (χ2v) is 6.29. The van der Waals surface area contributed by atoms with E-state index in [4.69, 9.17) is 10.2 Å². The van der Waals surface area contributed by atoms with Gasteiger partial charge in [-0.25, -0.2) is 0 Å². The summed E-state index contributed by atoms with van der Waals surface area (Å²) in [6, 6.07) is 2.45. The highest BCUT2D eigenvalue weighted by Gasteiger charge is 2.46. The van der Waals surface area contributed by atoms with E-state index in [1.54, 1.807) is 0 Å². The molecule has 9 nitrogen and oxygen atoms in total. The predicted octanol–water partition coefficient (Wildman–Crippen LogP) is -1.57. The number of carbonyl (C=O) groups excluding carboxylic acids is 3. The maximum absolute atomic E-state index is 12.0. The smallest absolute Gasteiger partial charge is 0.287 e. The Morgan fingerprint density at radius 1 is 1.42 bits per heavy atom. The number of hydrogen-bond donors (Lipinski definition) is 4. The van der Waals surface area contributed by atoms with Crippen molar-refractivity contribution in [2.24, 2.45) is 5.73 Å². The van der Waals surface area contributed by atoms with Gasteiger partial charge in [-0.2, -0.15) is 0 Å². The highest BCUT2D eigenvalue weighted by atomic mass is 16.4. The van der Waals surface area contributed by atoms with E-state index in [1.165, 1.54) is 12.1 Å². The van der Waals surface area contributed by atoms with Gasteiger partial charge >= 0.3 is 0 Å². The van der Waals surface area contributed by atoms with Crippen LogP contribution in [0.1, 0.15) is 34.0 Å². The Bertz CT molecular complexity index is 665. The number of likely N-dealkylation sites (tertiary alicyclic amines) is 1. The summed E-state index contributed by atoms with van der Waals surface area (Å²) >= 11 is 0. The fourth-order valence-electron chi connectivity index (χ4n) is 3.07. The van der Waals surface area contributed by atoms with Crippen LogP contribution in [-0.4, -0.2) is 65.5 Å². The molecule has 0 aliphatic carbocycles. The molecule has 3 rings (SSSR count). The molecular formula is C15H20N4O5. The van der Waals surface area contributed by atoms with Crippen molar-refractivity contribution in [1.29, 1.82) is 0 Å². The van der Waals surface area contributed by atoms with Gasteiger partial charge in [-0.3, -0.25) is 19.3 Å². The topological polar surface area (TPSA) is 138 Å². The number of aliphatic hydroxyl groups is 1. The SMILES string of the molecule is NC(=O)c1ccc(C(=O)NCC2(O)CN(C3CCCNC3=O)C2)o1. The molecular weight excluding hydrogens is 316 g/mol. The van der Waals surface area contributed by atoms with Crippen molar-refractivity contribution in [3.8, 4) is 0 Å². The van der Waals surface area contributed by atoms with Gasteiger partial charge in [0.1, 0.15) is 5.60 Å². The van der Waals surface area contributed by atoms with E-state index in [1.807, 2.05) is 4.90 Å². The third-order valence-corrected chi connectivity index (χ3v) is 4.34. The Balaban J connectivity index is 1.49. The number of furan rings is 1. The molecule has 0 bridgehead atoms. The van der Waals surface area contributed by atoms with Crippen LogP contribution in [0.2, 0.25) is 0 Å². The summed E-state index contributed by atoms with van der Waals surface area (Å²) in [6.45, 7) is 1.36. The van der Waals surface area contributed by atoms with Gasteiger partial charge in [-0.1, -0.05) is 0 Å². The van der Waals surface area contributed by atoms with Crippen molar-refractivity contribution in [3.05, 3.63) is 23.7 Å². The van der Waals surface area contributed by atoms with Gasteiger partial charge in [0.25, 0.3) is 11.8 Å². The molecule has 2 aliphatic heterocycles. The standard InChI is InChI=1S/C15H20N4O5/c16-12(20)10-3-4-11(24-10)14(22)18-6-15(23)7-19(8-15)9-2-1-5-17-13(9)21/h3-4,9,23H,1-2,5-8H2,(H2,16,20)(H,17,21)(H,18,22). The number of primary amides is 1. The summed E-state index contributed by atoms with van der Waals surface area (Å²) in [7, 11) is 0. The van der Waals surface area contributed by atoms with Crippen molar-refractivity contribution >= 4 is 17.7 Å². The third-order valence-electron chi connectivity index (χ3n) is 4.34. The number of piperidine rings is 1. The molecule has 2 aliphatic rings. The molecule has 0 radical (unpaired) electrons. The van der Waals surface area contributed by atoms with Crippen LogP contribution in [0.4, 0.5) is 0 Å². The van der Waals surface area contributed by atoms with Gasteiger partial charge in [0, 0.05) is 26.2 Å². The largest absolute Gasteiger partial charge is 0.446 e. The summed E-state index contributed by atoms with van der Waals surface area (Å²) in [6.07, 6.45) is 1.69. The Morgan fingerprint density at radius 2 is 2.12 bits per heavy atom. The lowest BCUT2D eigenvalue weighted by molar-refractivity contribution is -0.145. The molecule has 24 heavy (non-hydrogen) atoms. The lowest BCUT2D eigenvalue weighted by atomic mass is 9.89. The van der Waals surface area contributed by atoms with Crippen molar-refractivity contribution in [2.75, 3.05) is 26.2 Å². The highest BCUT2D eigenvalue weighted by Crippen LogP contribution is 2.26. The Kier molecular flexibility index (Phi) is 4.29. The summed E-state index contributed by atoms with van der Waals surface area (Å²) < 4.78 is 5.02. The Labute approximate surface area is 138 Å². The number of rotatable bonds is 5. The molecule has 1 aromatic heterocycles. The molecule has 2 saturated heterocycles. The zero-order valence-electron chi connectivity index (χ0n) is 13.1.